The van der Waals surface area contributed by atoms with Gasteiger partial charge in [-0.2, -0.15) is 0 Å². The van der Waals surface area contributed by atoms with Crippen molar-refractivity contribution in [3.63, 3.8) is 0 Å². The van der Waals surface area contributed by atoms with E-state index in [1.807, 2.05) is 0 Å². The van der Waals surface area contributed by atoms with Gasteiger partial charge in [0.2, 0.25) is 0 Å². The fourth-order valence-corrected chi connectivity index (χ4v) is 1.71. The summed E-state index contributed by atoms with van der Waals surface area (Å²) in [6.07, 6.45) is 3.20. The SMILES string of the molecule is COCCCCOC(=O)C(C)C(C)C(=O)OCCCCOC. The zero-order valence-corrected chi connectivity index (χ0v) is 14.3. The van der Waals surface area contributed by atoms with Crippen LogP contribution in [-0.2, 0) is 28.5 Å². The van der Waals surface area contributed by atoms with E-state index in [0.29, 0.717) is 26.4 Å². The summed E-state index contributed by atoms with van der Waals surface area (Å²) in [6, 6.07) is 0. The summed E-state index contributed by atoms with van der Waals surface area (Å²) in [6.45, 7) is 5.39. The molecule has 0 aromatic heterocycles. The van der Waals surface area contributed by atoms with E-state index in [0.717, 1.165) is 25.7 Å². The highest BCUT2D eigenvalue weighted by Crippen LogP contribution is 2.15. The molecule has 0 heterocycles. The number of hydrogen-bond acceptors (Lipinski definition) is 6. The summed E-state index contributed by atoms with van der Waals surface area (Å²) < 4.78 is 20.2. The fraction of sp³-hybridized carbons (Fsp3) is 0.875. The molecule has 2 unspecified atom stereocenters. The Kier molecular flexibility index (Phi) is 12.8. The smallest absolute Gasteiger partial charge is 0.309 e. The molecule has 0 saturated heterocycles. The van der Waals surface area contributed by atoms with Gasteiger partial charge in [0, 0.05) is 27.4 Å². The van der Waals surface area contributed by atoms with Crippen LogP contribution in [0.25, 0.3) is 0 Å². The zero-order valence-electron chi connectivity index (χ0n) is 14.3. The maximum atomic E-state index is 11.9. The maximum absolute atomic E-state index is 11.9. The molecule has 2 atom stereocenters. The van der Waals surface area contributed by atoms with Crippen LogP contribution >= 0.6 is 0 Å². The van der Waals surface area contributed by atoms with Crippen molar-refractivity contribution in [1.82, 2.24) is 0 Å². The summed E-state index contributed by atoms with van der Waals surface area (Å²) in [5.74, 6) is -1.73. The molecule has 0 bridgehead atoms. The summed E-state index contributed by atoms with van der Waals surface area (Å²) in [5, 5.41) is 0. The highest BCUT2D eigenvalue weighted by Gasteiger charge is 2.28. The lowest BCUT2D eigenvalue weighted by Crippen LogP contribution is -2.29. The second-order valence-electron chi connectivity index (χ2n) is 5.31. The van der Waals surface area contributed by atoms with E-state index < -0.39 is 11.8 Å². The lowest BCUT2D eigenvalue weighted by atomic mass is 9.96. The van der Waals surface area contributed by atoms with Crippen molar-refractivity contribution >= 4 is 11.9 Å². The predicted molar refractivity (Wildman–Crippen MR) is 82.5 cm³/mol. The van der Waals surface area contributed by atoms with Crippen LogP contribution in [0.15, 0.2) is 0 Å². The predicted octanol–water partition coefficient (Wildman–Crippen LogP) is 2.20. The molecular formula is C16H30O6. The highest BCUT2D eigenvalue weighted by molar-refractivity contribution is 5.81. The Bertz CT molecular complexity index is 275. The van der Waals surface area contributed by atoms with Crippen LogP contribution < -0.4 is 0 Å². The van der Waals surface area contributed by atoms with Gasteiger partial charge in [-0.15, -0.1) is 0 Å². The van der Waals surface area contributed by atoms with E-state index in [9.17, 15) is 9.59 Å². The van der Waals surface area contributed by atoms with E-state index in [2.05, 4.69) is 0 Å². The number of hydrogen-bond donors (Lipinski definition) is 0. The number of carbonyl (C=O) groups is 2. The molecule has 22 heavy (non-hydrogen) atoms. The Hall–Kier alpha value is -1.14. The standard InChI is InChI=1S/C16H30O6/c1-13(15(17)21-11-7-5-9-19-3)14(2)16(18)22-12-8-6-10-20-4/h13-14H,5-12H2,1-4H3. The van der Waals surface area contributed by atoms with Crippen molar-refractivity contribution in [2.45, 2.75) is 39.5 Å². The van der Waals surface area contributed by atoms with Crippen LogP contribution in [0.2, 0.25) is 0 Å². The molecule has 0 aliphatic carbocycles. The molecule has 0 amide bonds. The number of rotatable bonds is 13. The van der Waals surface area contributed by atoms with E-state index in [-0.39, 0.29) is 11.9 Å². The summed E-state index contributed by atoms with van der Waals surface area (Å²) in [7, 11) is 3.27. The molecule has 0 radical (unpaired) electrons. The molecule has 0 spiro atoms. The van der Waals surface area contributed by atoms with Crippen molar-refractivity contribution in [2.75, 3.05) is 40.6 Å². The van der Waals surface area contributed by atoms with Gasteiger partial charge in [-0.25, -0.2) is 0 Å². The zero-order chi connectivity index (χ0) is 16.8. The topological polar surface area (TPSA) is 71.1 Å². The van der Waals surface area contributed by atoms with Crippen LogP contribution in [-0.4, -0.2) is 52.6 Å². The Morgan fingerprint density at radius 2 is 1.00 bits per heavy atom. The lowest BCUT2D eigenvalue weighted by molar-refractivity contribution is -0.159. The Labute approximate surface area is 133 Å². The number of esters is 2. The first-order valence-electron chi connectivity index (χ1n) is 7.85. The number of methoxy groups -OCH3 is 2. The summed E-state index contributed by atoms with van der Waals surface area (Å²) in [5.41, 5.74) is 0. The third kappa shape index (κ3) is 9.73. The van der Waals surface area contributed by atoms with Crippen molar-refractivity contribution in [3.05, 3.63) is 0 Å². The van der Waals surface area contributed by atoms with Crippen LogP contribution in [0.5, 0.6) is 0 Å². The molecule has 0 N–H and O–H groups in total. The number of unbranched alkanes of at least 4 members (excludes halogenated alkanes) is 2. The molecule has 6 heteroatoms. The molecule has 0 aromatic carbocycles. The second kappa shape index (κ2) is 13.5. The molecule has 0 saturated carbocycles. The Balaban J connectivity index is 3.88. The van der Waals surface area contributed by atoms with Gasteiger partial charge in [0.15, 0.2) is 0 Å². The van der Waals surface area contributed by atoms with Crippen LogP contribution in [0.4, 0.5) is 0 Å². The van der Waals surface area contributed by atoms with Crippen molar-refractivity contribution in [1.29, 1.82) is 0 Å². The monoisotopic (exact) mass is 318 g/mol. The maximum Gasteiger partial charge on any atom is 0.309 e. The van der Waals surface area contributed by atoms with E-state index in [1.165, 1.54) is 0 Å². The molecule has 0 aliphatic heterocycles. The van der Waals surface area contributed by atoms with E-state index in [1.54, 1.807) is 28.1 Å². The summed E-state index contributed by atoms with van der Waals surface area (Å²) >= 11 is 0. The highest BCUT2D eigenvalue weighted by atomic mass is 16.5. The minimum atomic E-state index is -0.506. The Morgan fingerprint density at radius 3 is 1.32 bits per heavy atom. The first-order valence-corrected chi connectivity index (χ1v) is 7.85. The molecule has 130 valence electrons. The van der Waals surface area contributed by atoms with Gasteiger partial charge < -0.3 is 18.9 Å². The summed E-state index contributed by atoms with van der Waals surface area (Å²) in [4.78, 5) is 23.7. The minimum absolute atomic E-state index is 0.352. The van der Waals surface area contributed by atoms with Gasteiger partial charge in [-0.05, 0) is 25.7 Å². The molecule has 0 aliphatic rings. The van der Waals surface area contributed by atoms with Crippen LogP contribution in [0.1, 0.15) is 39.5 Å². The third-order valence-electron chi connectivity index (χ3n) is 3.47. The average molecular weight is 318 g/mol. The van der Waals surface area contributed by atoms with Crippen molar-refractivity contribution in [3.8, 4) is 0 Å². The number of ether oxygens (including phenoxy) is 4. The lowest BCUT2D eigenvalue weighted by Gasteiger charge is -2.17. The largest absolute Gasteiger partial charge is 0.465 e. The molecule has 0 fully saturated rings. The average Bonchev–Trinajstić information content (AvgIpc) is 2.52. The molecule has 0 aromatic rings. The van der Waals surface area contributed by atoms with Gasteiger partial charge in [0.1, 0.15) is 0 Å². The van der Waals surface area contributed by atoms with Gasteiger partial charge >= 0.3 is 11.9 Å². The third-order valence-corrected chi connectivity index (χ3v) is 3.47. The van der Waals surface area contributed by atoms with Gasteiger partial charge in [0.05, 0.1) is 25.0 Å². The normalized spacial score (nSPS) is 13.5. The van der Waals surface area contributed by atoms with Crippen molar-refractivity contribution in [2.24, 2.45) is 11.8 Å². The molecule has 0 rings (SSSR count). The van der Waals surface area contributed by atoms with E-state index >= 15 is 0 Å². The first-order chi connectivity index (χ1) is 10.5. The van der Waals surface area contributed by atoms with Gasteiger partial charge in [-0.3, -0.25) is 9.59 Å². The molecular weight excluding hydrogens is 288 g/mol. The van der Waals surface area contributed by atoms with Gasteiger partial charge in [-0.1, -0.05) is 13.8 Å². The van der Waals surface area contributed by atoms with Crippen LogP contribution in [0, 0.1) is 11.8 Å². The van der Waals surface area contributed by atoms with Gasteiger partial charge in [0.25, 0.3) is 0 Å². The Morgan fingerprint density at radius 1 is 0.682 bits per heavy atom. The fourth-order valence-electron chi connectivity index (χ4n) is 1.71. The quantitative estimate of drug-likeness (QED) is 0.383. The van der Waals surface area contributed by atoms with E-state index in [4.69, 9.17) is 18.9 Å². The first kappa shape index (κ1) is 20.9. The van der Waals surface area contributed by atoms with Crippen LogP contribution in [0.3, 0.4) is 0 Å². The second-order valence-corrected chi connectivity index (χ2v) is 5.31. The minimum Gasteiger partial charge on any atom is -0.465 e. The van der Waals surface area contributed by atoms with Crippen molar-refractivity contribution < 1.29 is 28.5 Å². The number of carbonyl (C=O) groups excluding carboxylic acids is 2. The molecule has 6 nitrogen and oxygen atoms in total.